The maximum atomic E-state index is 11.5. The first-order valence-electron chi connectivity index (χ1n) is 6.26. The van der Waals surface area contributed by atoms with Crippen molar-refractivity contribution in [3.8, 4) is 0 Å². The Morgan fingerprint density at radius 1 is 1.29 bits per heavy atom. The second-order valence-electron chi connectivity index (χ2n) is 4.45. The zero-order valence-electron chi connectivity index (χ0n) is 11.7. The number of methoxy groups -OCH3 is 1. The summed E-state index contributed by atoms with van der Waals surface area (Å²) in [6.45, 7) is 2.22. The summed E-state index contributed by atoms with van der Waals surface area (Å²) in [7, 11) is 1.32. The van der Waals surface area contributed by atoms with Crippen molar-refractivity contribution < 1.29 is 23.8 Å². The van der Waals surface area contributed by atoms with Gasteiger partial charge in [-0.2, -0.15) is 0 Å². The van der Waals surface area contributed by atoms with Gasteiger partial charge in [-0.1, -0.05) is 6.07 Å². The summed E-state index contributed by atoms with van der Waals surface area (Å²) in [4.78, 5) is 22.2. The second kappa shape index (κ2) is 6.13. The molecule has 1 aromatic carbocycles. The molecule has 0 aliphatic heterocycles. The van der Waals surface area contributed by atoms with Crippen molar-refractivity contribution in [3.05, 3.63) is 53.0 Å². The van der Waals surface area contributed by atoms with Crippen molar-refractivity contribution in [1.82, 2.24) is 0 Å². The van der Waals surface area contributed by atoms with Crippen LogP contribution >= 0.6 is 0 Å². The van der Waals surface area contributed by atoms with E-state index in [2.05, 4.69) is 10.1 Å². The van der Waals surface area contributed by atoms with Crippen LogP contribution in [0.4, 0.5) is 5.69 Å². The van der Waals surface area contributed by atoms with Gasteiger partial charge in [-0.3, -0.25) is 0 Å². The molecule has 0 unspecified atom stereocenters. The van der Waals surface area contributed by atoms with E-state index in [0.717, 1.165) is 11.3 Å². The van der Waals surface area contributed by atoms with Gasteiger partial charge < -0.3 is 19.6 Å². The van der Waals surface area contributed by atoms with Crippen molar-refractivity contribution in [3.63, 3.8) is 0 Å². The number of hydrogen-bond acceptors (Lipinski definition) is 5. The highest BCUT2D eigenvalue weighted by Crippen LogP contribution is 2.19. The van der Waals surface area contributed by atoms with E-state index in [9.17, 15) is 9.59 Å². The minimum Gasteiger partial charge on any atom is -0.475 e. The molecule has 0 amide bonds. The number of aromatic carboxylic acids is 1. The molecule has 21 heavy (non-hydrogen) atoms. The quantitative estimate of drug-likeness (QED) is 0.823. The molecule has 2 aromatic rings. The van der Waals surface area contributed by atoms with E-state index in [-0.39, 0.29) is 5.76 Å². The predicted molar refractivity (Wildman–Crippen MR) is 75.5 cm³/mol. The number of benzene rings is 1. The van der Waals surface area contributed by atoms with Crippen LogP contribution in [-0.2, 0) is 11.3 Å². The van der Waals surface area contributed by atoms with E-state index < -0.39 is 11.9 Å². The van der Waals surface area contributed by atoms with Gasteiger partial charge in [0.1, 0.15) is 5.76 Å². The summed E-state index contributed by atoms with van der Waals surface area (Å²) in [6, 6.07) is 8.16. The number of anilines is 1. The van der Waals surface area contributed by atoms with Crippen molar-refractivity contribution in [1.29, 1.82) is 0 Å². The number of aryl methyl sites for hydroxylation is 1. The largest absolute Gasteiger partial charge is 0.475 e. The molecule has 0 aliphatic carbocycles. The summed E-state index contributed by atoms with van der Waals surface area (Å²) < 4.78 is 9.82. The van der Waals surface area contributed by atoms with Gasteiger partial charge >= 0.3 is 11.9 Å². The fourth-order valence-corrected chi connectivity index (χ4v) is 1.83. The molecule has 1 heterocycles. The molecule has 0 fully saturated rings. The Labute approximate surface area is 121 Å². The number of carboxylic acids is 1. The lowest BCUT2D eigenvalue weighted by molar-refractivity contribution is 0.0599. The molecule has 2 N–H and O–H groups in total. The molecule has 6 heteroatoms. The first-order chi connectivity index (χ1) is 10.0. The maximum absolute atomic E-state index is 11.5. The smallest absolute Gasteiger partial charge is 0.371 e. The van der Waals surface area contributed by atoms with Gasteiger partial charge in [-0.05, 0) is 36.8 Å². The van der Waals surface area contributed by atoms with Gasteiger partial charge in [0.25, 0.3) is 0 Å². The predicted octanol–water partition coefficient (Wildman–Crippen LogP) is 2.68. The molecule has 6 nitrogen and oxygen atoms in total. The monoisotopic (exact) mass is 289 g/mol. The van der Waals surface area contributed by atoms with Crippen molar-refractivity contribution in [2.24, 2.45) is 0 Å². The average molecular weight is 289 g/mol. The Morgan fingerprint density at radius 2 is 2.05 bits per heavy atom. The SMILES string of the molecule is COC(=O)c1ccc(C)c(NCc2ccc(C(=O)O)o2)c1. The summed E-state index contributed by atoms with van der Waals surface area (Å²) in [5.41, 5.74) is 2.15. The fourth-order valence-electron chi connectivity index (χ4n) is 1.83. The fraction of sp³-hybridized carbons (Fsp3) is 0.200. The van der Waals surface area contributed by atoms with E-state index in [4.69, 9.17) is 9.52 Å². The van der Waals surface area contributed by atoms with E-state index >= 15 is 0 Å². The lowest BCUT2D eigenvalue weighted by atomic mass is 10.1. The third kappa shape index (κ3) is 3.42. The zero-order chi connectivity index (χ0) is 15.4. The molecule has 0 bridgehead atoms. The highest BCUT2D eigenvalue weighted by atomic mass is 16.5. The van der Waals surface area contributed by atoms with Crippen molar-refractivity contribution in [2.45, 2.75) is 13.5 Å². The van der Waals surface area contributed by atoms with Crippen LogP contribution in [0.25, 0.3) is 0 Å². The number of nitrogens with one attached hydrogen (secondary N) is 1. The molecule has 0 saturated carbocycles. The van der Waals surface area contributed by atoms with Crippen LogP contribution in [0.5, 0.6) is 0 Å². The Bertz CT molecular complexity index is 674. The molecule has 110 valence electrons. The average Bonchev–Trinajstić information content (AvgIpc) is 2.94. The molecule has 0 aliphatic rings. The highest BCUT2D eigenvalue weighted by Gasteiger charge is 2.10. The van der Waals surface area contributed by atoms with Gasteiger partial charge in [0, 0.05) is 5.69 Å². The van der Waals surface area contributed by atoms with E-state index in [0.29, 0.717) is 17.9 Å². The molecule has 0 spiro atoms. The molecule has 1 aromatic heterocycles. The van der Waals surface area contributed by atoms with Crippen LogP contribution in [-0.4, -0.2) is 24.2 Å². The molecule has 0 atom stereocenters. The van der Waals surface area contributed by atoms with Crippen LogP contribution in [0.2, 0.25) is 0 Å². The Hall–Kier alpha value is -2.76. The summed E-state index contributed by atoms with van der Waals surface area (Å²) in [5.74, 6) is -1.13. The summed E-state index contributed by atoms with van der Waals surface area (Å²) >= 11 is 0. The van der Waals surface area contributed by atoms with Gasteiger partial charge in [0.05, 0.1) is 19.2 Å². The Kier molecular flexibility index (Phi) is 4.27. The number of rotatable bonds is 5. The number of carbonyl (C=O) groups excluding carboxylic acids is 1. The van der Waals surface area contributed by atoms with Crippen LogP contribution in [0.1, 0.15) is 32.2 Å². The van der Waals surface area contributed by atoms with E-state index in [1.54, 1.807) is 24.3 Å². The standard InChI is InChI=1S/C15H15NO5/c1-9-3-4-10(15(19)20-2)7-12(9)16-8-11-5-6-13(21-11)14(17)18/h3-7,16H,8H2,1-2H3,(H,17,18). The molecule has 0 saturated heterocycles. The lowest BCUT2D eigenvalue weighted by Gasteiger charge is -2.09. The van der Waals surface area contributed by atoms with Crippen LogP contribution < -0.4 is 5.32 Å². The van der Waals surface area contributed by atoms with Crippen molar-refractivity contribution in [2.75, 3.05) is 12.4 Å². The van der Waals surface area contributed by atoms with Crippen molar-refractivity contribution >= 4 is 17.6 Å². The third-order valence-electron chi connectivity index (χ3n) is 2.98. The number of carboxylic acid groups (broad SMARTS) is 1. The molecular formula is C15H15NO5. The van der Waals surface area contributed by atoms with Crippen LogP contribution in [0, 0.1) is 6.92 Å². The van der Waals surface area contributed by atoms with Gasteiger partial charge in [-0.15, -0.1) is 0 Å². The maximum Gasteiger partial charge on any atom is 0.371 e. The summed E-state index contributed by atoms with van der Waals surface area (Å²) in [6.07, 6.45) is 0. The number of esters is 1. The number of hydrogen-bond donors (Lipinski definition) is 2. The normalized spacial score (nSPS) is 10.2. The minimum absolute atomic E-state index is 0.105. The lowest BCUT2D eigenvalue weighted by Crippen LogP contribution is -2.05. The first-order valence-corrected chi connectivity index (χ1v) is 6.26. The second-order valence-corrected chi connectivity index (χ2v) is 4.45. The molecular weight excluding hydrogens is 274 g/mol. The number of furan rings is 1. The van der Waals surface area contributed by atoms with Gasteiger partial charge in [-0.25, -0.2) is 9.59 Å². The van der Waals surface area contributed by atoms with E-state index in [1.807, 2.05) is 6.92 Å². The third-order valence-corrected chi connectivity index (χ3v) is 2.98. The first kappa shape index (κ1) is 14.6. The van der Waals surface area contributed by atoms with E-state index in [1.165, 1.54) is 13.2 Å². The topological polar surface area (TPSA) is 88.8 Å². The zero-order valence-corrected chi connectivity index (χ0v) is 11.7. The Balaban J connectivity index is 2.11. The van der Waals surface area contributed by atoms with Crippen LogP contribution in [0.15, 0.2) is 34.7 Å². The van der Waals surface area contributed by atoms with Gasteiger partial charge in [0.15, 0.2) is 0 Å². The number of carbonyl (C=O) groups is 2. The number of ether oxygens (including phenoxy) is 1. The molecule has 2 rings (SSSR count). The summed E-state index contributed by atoms with van der Waals surface area (Å²) in [5, 5.41) is 11.9. The Morgan fingerprint density at radius 3 is 2.67 bits per heavy atom. The minimum atomic E-state index is -1.11. The molecule has 0 radical (unpaired) electrons. The van der Waals surface area contributed by atoms with Gasteiger partial charge in [0.2, 0.25) is 5.76 Å². The highest BCUT2D eigenvalue weighted by molar-refractivity contribution is 5.90. The van der Waals surface area contributed by atoms with Crippen LogP contribution in [0.3, 0.4) is 0 Å².